The van der Waals surface area contributed by atoms with Crippen molar-refractivity contribution in [2.24, 2.45) is 17.3 Å². The van der Waals surface area contributed by atoms with E-state index in [0.717, 1.165) is 0 Å². The Labute approximate surface area is 222 Å². The zero-order valence-corrected chi connectivity index (χ0v) is 22.4. The van der Waals surface area contributed by atoms with Crippen LogP contribution in [0.5, 0.6) is 0 Å². The SMILES string of the molecule is CCOC(=O)C1=CC2N3/C(=C\C#N)C(C)(C)OC3C1C1C3OC(C)(C)/C(=C/C#N)N3C=C[C@]12C(=O)OCC. The number of carbonyl (C=O) groups is 2. The van der Waals surface area contributed by atoms with Gasteiger partial charge in [-0.15, -0.1) is 0 Å². The zero-order chi connectivity index (χ0) is 27.6. The van der Waals surface area contributed by atoms with Crippen molar-refractivity contribution in [1.29, 1.82) is 10.5 Å². The predicted octanol–water partition coefficient (Wildman–Crippen LogP) is 2.87. The van der Waals surface area contributed by atoms with Gasteiger partial charge in [-0.3, -0.25) is 4.79 Å². The van der Waals surface area contributed by atoms with Crippen LogP contribution in [-0.4, -0.2) is 64.7 Å². The van der Waals surface area contributed by atoms with E-state index in [1.165, 1.54) is 12.2 Å². The molecule has 5 heterocycles. The third kappa shape index (κ3) is 3.30. The molecule has 0 N–H and O–H groups in total. The van der Waals surface area contributed by atoms with Gasteiger partial charge >= 0.3 is 11.9 Å². The summed E-state index contributed by atoms with van der Waals surface area (Å²) < 4.78 is 24.3. The molecule has 0 spiro atoms. The molecular formula is C28H32N4O6. The number of ether oxygens (including phenoxy) is 4. The molecule has 0 aromatic carbocycles. The molecule has 6 atom stereocenters. The molecule has 10 heteroatoms. The van der Waals surface area contributed by atoms with E-state index in [9.17, 15) is 20.1 Å². The number of esters is 2. The molecule has 0 aromatic heterocycles. The number of hydrogen-bond acceptors (Lipinski definition) is 10. The van der Waals surface area contributed by atoms with Gasteiger partial charge in [0, 0.05) is 35.8 Å². The number of allylic oxidation sites excluding steroid dienone is 2. The molecule has 6 rings (SSSR count). The molecule has 3 saturated heterocycles. The minimum Gasteiger partial charge on any atom is -0.465 e. The molecule has 0 amide bonds. The fourth-order valence-electron chi connectivity index (χ4n) is 6.89. The van der Waals surface area contributed by atoms with Crippen LogP contribution < -0.4 is 0 Å². The standard InChI is InChI=1S/C28H32N4O6/c1-7-35-24(33)16-15-19-28(25(34)36-8-2)11-14-31-17(9-12-29)26(3,4)38-23(31)21(28)20(16)22-32(19)18(10-13-30)27(5,6)37-22/h9-11,14-15,19-23H,7-8H2,1-6H3/b17-9-,18-10-/t19?,20?,21?,22?,23?,28-/m1/s1. The number of rotatable bonds is 4. The molecule has 0 saturated carbocycles. The molecule has 6 aliphatic rings. The van der Waals surface area contributed by atoms with E-state index in [4.69, 9.17) is 18.9 Å². The summed E-state index contributed by atoms with van der Waals surface area (Å²) in [6.07, 6.45) is 6.89. The van der Waals surface area contributed by atoms with E-state index >= 15 is 0 Å². The second kappa shape index (κ2) is 8.72. The van der Waals surface area contributed by atoms with Gasteiger partial charge in [-0.25, -0.2) is 4.79 Å². The largest absolute Gasteiger partial charge is 0.465 e. The monoisotopic (exact) mass is 520 g/mol. The lowest BCUT2D eigenvalue weighted by molar-refractivity contribution is -0.214. The van der Waals surface area contributed by atoms with Crippen LogP contribution in [0.15, 0.2) is 47.5 Å². The van der Waals surface area contributed by atoms with Crippen molar-refractivity contribution in [3.8, 4) is 12.1 Å². The molecule has 38 heavy (non-hydrogen) atoms. The summed E-state index contributed by atoms with van der Waals surface area (Å²) in [5.41, 5.74) is -1.27. The number of piperidine rings is 1. The van der Waals surface area contributed by atoms with Crippen molar-refractivity contribution >= 4 is 11.9 Å². The van der Waals surface area contributed by atoms with Gasteiger partial charge < -0.3 is 28.7 Å². The van der Waals surface area contributed by atoms with Gasteiger partial charge in [-0.2, -0.15) is 10.5 Å². The number of fused-ring (bicyclic) bond motifs is 1. The third-order valence-electron chi connectivity index (χ3n) is 8.26. The highest BCUT2D eigenvalue weighted by Gasteiger charge is 2.73. The minimum absolute atomic E-state index is 0.166. The lowest BCUT2D eigenvalue weighted by Gasteiger charge is -2.61. The maximum atomic E-state index is 14.0. The average Bonchev–Trinajstić information content (AvgIpc) is 3.28. The van der Waals surface area contributed by atoms with Gasteiger partial charge in [0.25, 0.3) is 0 Å². The Morgan fingerprint density at radius 2 is 1.61 bits per heavy atom. The Balaban J connectivity index is 1.79. The lowest BCUT2D eigenvalue weighted by atomic mass is 9.53. The van der Waals surface area contributed by atoms with Gasteiger partial charge in [0.1, 0.15) is 29.1 Å². The van der Waals surface area contributed by atoms with E-state index in [-0.39, 0.29) is 13.2 Å². The van der Waals surface area contributed by atoms with Crippen molar-refractivity contribution in [2.45, 2.75) is 71.2 Å². The highest BCUT2D eigenvalue weighted by Crippen LogP contribution is 2.64. The fraction of sp³-hybridized carbons (Fsp3) is 0.571. The van der Waals surface area contributed by atoms with Gasteiger partial charge in [-0.05, 0) is 53.7 Å². The van der Waals surface area contributed by atoms with Crippen molar-refractivity contribution in [2.75, 3.05) is 13.2 Å². The second-order valence-corrected chi connectivity index (χ2v) is 11.0. The van der Waals surface area contributed by atoms with E-state index in [1.807, 2.05) is 43.6 Å². The summed E-state index contributed by atoms with van der Waals surface area (Å²) in [5, 5.41) is 19.1. The summed E-state index contributed by atoms with van der Waals surface area (Å²) in [6, 6.07) is 3.51. The van der Waals surface area contributed by atoms with Gasteiger partial charge in [0.15, 0.2) is 0 Å². The number of hydrogen-bond donors (Lipinski definition) is 0. The summed E-state index contributed by atoms with van der Waals surface area (Å²) in [7, 11) is 0. The summed E-state index contributed by atoms with van der Waals surface area (Å²) in [4.78, 5) is 31.1. The van der Waals surface area contributed by atoms with E-state index < -0.39 is 58.9 Å². The molecule has 2 bridgehead atoms. The van der Waals surface area contributed by atoms with Crippen LogP contribution in [0.2, 0.25) is 0 Å². The summed E-state index contributed by atoms with van der Waals surface area (Å²) in [6.45, 7) is 11.3. The highest BCUT2D eigenvalue weighted by atomic mass is 16.6. The van der Waals surface area contributed by atoms with E-state index in [1.54, 1.807) is 26.1 Å². The lowest BCUT2D eigenvalue weighted by Crippen LogP contribution is -2.72. The summed E-state index contributed by atoms with van der Waals surface area (Å²) in [5.74, 6) is -2.22. The first kappa shape index (κ1) is 26.0. The Kier molecular flexibility index (Phi) is 5.97. The Morgan fingerprint density at radius 1 is 1.00 bits per heavy atom. The third-order valence-corrected chi connectivity index (χ3v) is 8.26. The van der Waals surface area contributed by atoms with Crippen molar-refractivity contribution in [1.82, 2.24) is 9.80 Å². The second-order valence-electron chi connectivity index (χ2n) is 11.0. The molecule has 1 aliphatic carbocycles. The highest BCUT2D eigenvalue weighted by molar-refractivity contribution is 5.92. The van der Waals surface area contributed by atoms with Gasteiger partial charge in [0.2, 0.25) is 0 Å². The molecule has 200 valence electrons. The van der Waals surface area contributed by atoms with Crippen molar-refractivity contribution in [3.63, 3.8) is 0 Å². The number of nitrogens with zero attached hydrogens (tertiary/aromatic N) is 4. The quantitative estimate of drug-likeness (QED) is 0.403. The number of nitriles is 2. The Bertz CT molecular complexity index is 1280. The first-order valence-corrected chi connectivity index (χ1v) is 12.9. The normalized spacial score (nSPS) is 37.2. The van der Waals surface area contributed by atoms with Crippen LogP contribution in [0.1, 0.15) is 41.5 Å². The molecule has 5 unspecified atom stereocenters. The van der Waals surface area contributed by atoms with E-state index in [2.05, 4.69) is 12.1 Å². The van der Waals surface area contributed by atoms with Crippen LogP contribution in [0.25, 0.3) is 0 Å². The molecule has 0 radical (unpaired) electrons. The molecular weight excluding hydrogens is 488 g/mol. The van der Waals surface area contributed by atoms with Crippen LogP contribution in [0, 0.1) is 39.9 Å². The van der Waals surface area contributed by atoms with Crippen molar-refractivity contribution in [3.05, 3.63) is 47.5 Å². The first-order valence-electron chi connectivity index (χ1n) is 12.9. The predicted molar refractivity (Wildman–Crippen MR) is 133 cm³/mol. The van der Waals surface area contributed by atoms with Crippen LogP contribution in [0.3, 0.4) is 0 Å². The minimum atomic E-state index is -1.26. The Hall–Kier alpha value is -3.60. The molecule has 3 fully saturated rings. The summed E-state index contributed by atoms with van der Waals surface area (Å²) >= 11 is 0. The molecule has 5 aliphatic heterocycles. The average molecular weight is 521 g/mol. The van der Waals surface area contributed by atoms with E-state index in [0.29, 0.717) is 17.0 Å². The van der Waals surface area contributed by atoms with Gasteiger partial charge in [0.05, 0.1) is 42.8 Å². The Morgan fingerprint density at radius 3 is 2.24 bits per heavy atom. The van der Waals surface area contributed by atoms with Crippen molar-refractivity contribution < 1.29 is 28.5 Å². The molecule has 0 aromatic rings. The topological polar surface area (TPSA) is 125 Å². The van der Waals surface area contributed by atoms with Crippen LogP contribution in [0.4, 0.5) is 0 Å². The number of carbonyl (C=O) groups excluding carboxylic acids is 2. The smallest absolute Gasteiger partial charge is 0.334 e. The zero-order valence-electron chi connectivity index (χ0n) is 22.4. The van der Waals surface area contributed by atoms with Crippen LogP contribution >= 0.6 is 0 Å². The maximum Gasteiger partial charge on any atom is 0.334 e. The van der Waals surface area contributed by atoms with Crippen LogP contribution in [-0.2, 0) is 28.5 Å². The fourth-order valence-corrected chi connectivity index (χ4v) is 6.89. The molecule has 10 nitrogen and oxygen atoms in total. The maximum absolute atomic E-state index is 14.0. The first-order chi connectivity index (χ1) is 18.0. The van der Waals surface area contributed by atoms with Gasteiger partial charge in [-0.1, -0.05) is 0 Å².